The van der Waals surface area contributed by atoms with E-state index in [-0.39, 0.29) is 11.0 Å². The predicted molar refractivity (Wildman–Crippen MR) is 89.6 cm³/mol. The Labute approximate surface area is 137 Å². The molecule has 0 radical (unpaired) electrons. The standard InChI is InChI=1S/C18H21NO3S/c1-15-7-9-18(10-8-15)23(20,21)22-17-11-12-19(14-17)13-16-5-3-2-4-6-16/h2-10,17H,11-14H2,1H3/t17-/m1/s1. The molecule has 1 atom stereocenters. The molecule has 0 saturated carbocycles. The van der Waals surface area contributed by atoms with E-state index in [2.05, 4.69) is 17.0 Å². The first-order valence-corrected chi connectivity index (χ1v) is 9.20. The van der Waals surface area contributed by atoms with Gasteiger partial charge >= 0.3 is 0 Å². The number of hydrogen-bond acceptors (Lipinski definition) is 4. The predicted octanol–water partition coefficient (Wildman–Crippen LogP) is 2.97. The van der Waals surface area contributed by atoms with Crippen LogP contribution < -0.4 is 0 Å². The van der Waals surface area contributed by atoms with E-state index in [0.717, 1.165) is 25.1 Å². The first kappa shape index (κ1) is 16.2. The third-order valence-corrected chi connectivity index (χ3v) is 5.43. The molecule has 2 aromatic rings. The fraction of sp³-hybridized carbons (Fsp3) is 0.333. The molecular weight excluding hydrogens is 310 g/mol. The van der Waals surface area contributed by atoms with E-state index in [9.17, 15) is 8.42 Å². The third-order valence-electron chi connectivity index (χ3n) is 4.05. The minimum absolute atomic E-state index is 0.226. The summed E-state index contributed by atoms with van der Waals surface area (Å²) < 4.78 is 30.1. The van der Waals surface area contributed by atoms with Gasteiger partial charge in [0, 0.05) is 19.6 Å². The molecule has 1 saturated heterocycles. The van der Waals surface area contributed by atoms with Crippen molar-refractivity contribution in [3.63, 3.8) is 0 Å². The molecule has 0 bridgehead atoms. The second kappa shape index (κ2) is 6.83. The average Bonchev–Trinajstić information content (AvgIpc) is 2.95. The molecule has 2 aromatic carbocycles. The van der Waals surface area contributed by atoms with E-state index >= 15 is 0 Å². The summed E-state index contributed by atoms with van der Waals surface area (Å²) in [6.07, 6.45) is 0.461. The summed E-state index contributed by atoms with van der Waals surface area (Å²) in [7, 11) is -3.68. The lowest BCUT2D eigenvalue weighted by Crippen LogP contribution is -2.24. The molecule has 0 N–H and O–H groups in total. The minimum Gasteiger partial charge on any atom is -0.296 e. The summed E-state index contributed by atoms with van der Waals surface area (Å²) in [4.78, 5) is 2.45. The molecule has 0 aromatic heterocycles. The number of aryl methyl sites for hydroxylation is 1. The van der Waals surface area contributed by atoms with Gasteiger partial charge < -0.3 is 0 Å². The van der Waals surface area contributed by atoms with Crippen LogP contribution in [0.25, 0.3) is 0 Å². The van der Waals surface area contributed by atoms with Crippen LogP contribution in [-0.4, -0.2) is 32.5 Å². The van der Waals surface area contributed by atoms with Crippen molar-refractivity contribution in [1.82, 2.24) is 4.90 Å². The van der Waals surface area contributed by atoms with Crippen molar-refractivity contribution in [2.24, 2.45) is 0 Å². The largest absolute Gasteiger partial charge is 0.297 e. The molecule has 0 spiro atoms. The molecule has 1 aliphatic heterocycles. The molecule has 1 aliphatic rings. The van der Waals surface area contributed by atoms with Crippen LogP contribution in [0.3, 0.4) is 0 Å². The van der Waals surface area contributed by atoms with Crippen molar-refractivity contribution in [2.45, 2.75) is 30.9 Å². The number of hydrogen-bond donors (Lipinski definition) is 0. The van der Waals surface area contributed by atoms with Crippen molar-refractivity contribution >= 4 is 10.1 Å². The summed E-state index contributed by atoms with van der Waals surface area (Å²) in [5.41, 5.74) is 2.26. The van der Waals surface area contributed by atoms with E-state index in [0.29, 0.717) is 6.54 Å². The highest BCUT2D eigenvalue weighted by atomic mass is 32.2. The lowest BCUT2D eigenvalue weighted by Gasteiger charge is -2.16. The second-order valence-corrected chi connectivity index (χ2v) is 7.57. The van der Waals surface area contributed by atoms with Crippen LogP contribution in [0.1, 0.15) is 17.5 Å². The molecule has 0 unspecified atom stereocenters. The number of nitrogens with zero attached hydrogens (tertiary/aromatic N) is 1. The lowest BCUT2D eigenvalue weighted by molar-refractivity contribution is 0.205. The Balaban J connectivity index is 1.60. The molecule has 0 amide bonds. The first-order valence-electron chi connectivity index (χ1n) is 7.79. The Morgan fingerprint density at radius 1 is 1.09 bits per heavy atom. The number of benzene rings is 2. The highest BCUT2D eigenvalue weighted by Gasteiger charge is 2.28. The van der Waals surface area contributed by atoms with Crippen LogP contribution in [0.5, 0.6) is 0 Å². The van der Waals surface area contributed by atoms with Crippen molar-refractivity contribution < 1.29 is 12.6 Å². The van der Waals surface area contributed by atoms with Crippen LogP contribution in [-0.2, 0) is 20.8 Å². The highest BCUT2D eigenvalue weighted by molar-refractivity contribution is 7.86. The summed E-state index contributed by atoms with van der Waals surface area (Å²) >= 11 is 0. The zero-order valence-corrected chi connectivity index (χ0v) is 14.0. The minimum atomic E-state index is -3.68. The Morgan fingerprint density at radius 2 is 1.78 bits per heavy atom. The van der Waals surface area contributed by atoms with Crippen molar-refractivity contribution in [2.75, 3.05) is 13.1 Å². The van der Waals surface area contributed by atoms with Gasteiger partial charge in [-0.25, -0.2) is 0 Å². The van der Waals surface area contributed by atoms with Gasteiger partial charge in [0.15, 0.2) is 0 Å². The van der Waals surface area contributed by atoms with E-state index < -0.39 is 10.1 Å². The maximum absolute atomic E-state index is 12.3. The van der Waals surface area contributed by atoms with E-state index in [1.54, 1.807) is 24.3 Å². The Kier molecular flexibility index (Phi) is 4.80. The number of likely N-dealkylation sites (tertiary alicyclic amines) is 1. The van der Waals surface area contributed by atoms with Crippen LogP contribution in [0.4, 0.5) is 0 Å². The maximum Gasteiger partial charge on any atom is 0.297 e. The van der Waals surface area contributed by atoms with E-state index in [1.807, 2.05) is 25.1 Å². The Hall–Kier alpha value is -1.69. The Bertz CT molecular complexity index is 742. The van der Waals surface area contributed by atoms with Gasteiger partial charge in [0.05, 0.1) is 11.0 Å². The smallest absolute Gasteiger partial charge is 0.296 e. The molecule has 1 heterocycles. The molecular formula is C18H21NO3S. The maximum atomic E-state index is 12.3. The first-order chi connectivity index (χ1) is 11.0. The highest BCUT2D eigenvalue weighted by Crippen LogP contribution is 2.21. The van der Waals surface area contributed by atoms with Crippen LogP contribution >= 0.6 is 0 Å². The van der Waals surface area contributed by atoms with Gasteiger partial charge in [-0.3, -0.25) is 9.08 Å². The van der Waals surface area contributed by atoms with Gasteiger partial charge in [-0.05, 0) is 31.0 Å². The third kappa shape index (κ3) is 4.19. The molecule has 122 valence electrons. The summed E-state index contributed by atoms with van der Waals surface area (Å²) in [5.74, 6) is 0. The molecule has 0 aliphatic carbocycles. The summed E-state index contributed by atoms with van der Waals surface area (Å²) in [5, 5.41) is 0. The van der Waals surface area contributed by atoms with Gasteiger partial charge in [-0.15, -0.1) is 0 Å². The zero-order chi connectivity index (χ0) is 16.3. The SMILES string of the molecule is Cc1ccc(S(=O)(=O)O[C@@H]2CCN(Cc3ccccc3)C2)cc1. The monoisotopic (exact) mass is 331 g/mol. The topological polar surface area (TPSA) is 46.6 Å². The molecule has 3 rings (SSSR count). The van der Waals surface area contributed by atoms with E-state index in [4.69, 9.17) is 4.18 Å². The van der Waals surface area contributed by atoms with Gasteiger partial charge in [-0.2, -0.15) is 8.42 Å². The normalized spacial score (nSPS) is 19.1. The van der Waals surface area contributed by atoms with Crippen LogP contribution in [0.2, 0.25) is 0 Å². The molecule has 4 nitrogen and oxygen atoms in total. The van der Waals surface area contributed by atoms with Gasteiger partial charge in [0.25, 0.3) is 10.1 Å². The summed E-state index contributed by atoms with van der Waals surface area (Å²) in [6.45, 7) is 4.24. The van der Waals surface area contributed by atoms with Crippen molar-refractivity contribution in [1.29, 1.82) is 0 Å². The average molecular weight is 331 g/mol. The second-order valence-electron chi connectivity index (χ2n) is 5.99. The zero-order valence-electron chi connectivity index (χ0n) is 13.2. The van der Waals surface area contributed by atoms with Crippen molar-refractivity contribution in [3.8, 4) is 0 Å². The Morgan fingerprint density at radius 3 is 2.48 bits per heavy atom. The fourth-order valence-electron chi connectivity index (χ4n) is 2.80. The van der Waals surface area contributed by atoms with Gasteiger partial charge in [0.2, 0.25) is 0 Å². The fourth-order valence-corrected chi connectivity index (χ4v) is 3.90. The van der Waals surface area contributed by atoms with Gasteiger partial charge in [-0.1, -0.05) is 48.0 Å². The lowest BCUT2D eigenvalue weighted by atomic mass is 10.2. The summed E-state index contributed by atoms with van der Waals surface area (Å²) in [6, 6.07) is 17.0. The van der Waals surface area contributed by atoms with Crippen LogP contribution in [0.15, 0.2) is 59.5 Å². The molecule has 5 heteroatoms. The number of rotatable bonds is 5. The van der Waals surface area contributed by atoms with Gasteiger partial charge in [0.1, 0.15) is 0 Å². The molecule has 1 fully saturated rings. The van der Waals surface area contributed by atoms with Crippen molar-refractivity contribution in [3.05, 3.63) is 65.7 Å². The van der Waals surface area contributed by atoms with E-state index in [1.165, 1.54) is 5.56 Å². The molecule has 23 heavy (non-hydrogen) atoms. The quantitative estimate of drug-likeness (QED) is 0.790. The van der Waals surface area contributed by atoms with Crippen LogP contribution in [0, 0.1) is 6.92 Å².